The summed E-state index contributed by atoms with van der Waals surface area (Å²) in [5.74, 6) is 0.928. The van der Waals surface area contributed by atoms with E-state index in [1.165, 1.54) is 4.90 Å². The zero-order chi connectivity index (χ0) is 19.3. The van der Waals surface area contributed by atoms with Crippen LogP contribution in [0.25, 0.3) is 0 Å². The van der Waals surface area contributed by atoms with Crippen molar-refractivity contribution in [3.63, 3.8) is 0 Å². The third-order valence-electron chi connectivity index (χ3n) is 7.14. The minimum Gasteiger partial charge on any atom is -0.342 e. The molecule has 1 saturated carbocycles. The predicted molar refractivity (Wildman–Crippen MR) is 101 cm³/mol. The lowest BCUT2D eigenvalue weighted by molar-refractivity contribution is -0.137. The molecule has 0 radical (unpaired) electrons. The molecule has 3 aliphatic heterocycles. The van der Waals surface area contributed by atoms with Crippen molar-refractivity contribution in [1.29, 1.82) is 0 Å². The van der Waals surface area contributed by atoms with Gasteiger partial charge in [0, 0.05) is 44.2 Å². The molecule has 0 aromatic heterocycles. The number of nitrogens with zero attached hydrogens (tertiary/aromatic N) is 3. The average molecular weight is 377 g/mol. The van der Waals surface area contributed by atoms with E-state index in [1.807, 2.05) is 4.90 Å². The fraction of sp³-hybridized carbons (Fsp3) is 0.850. The first-order valence-electron chi connectivity index (χ1n) is 10.5. The van der Waals surface area contributed by atoms with Crippen LogP contribution in [0, 0.1) is 11.8 Å². The number of imide groups is 1. The van der Waals surface area contributed by atoms with Crippen molar-refractivity contribution in [2.24, 2.45) is 11.8 Å². The number of rotatable bonds is 3. The zero-order valence-corrected chi connectivity index (χ0v) is 16.7. The summed E-state index contributed by atoms with van der Waals surface area (Å²) < 4.78 is 0. The normalized spacial score (nSPS) is 31.7. The monoisotopic (exact) mass is 376 g/mol. The Labute approximate surface area is 161 Å². The van der Waals surface area contributed by atoms with Crippen LogP contribution in [0.2, 0.25) is 0 Å². The molecule has 1 aliphatic carbocycles. The fourth-order valence-electron chi connectivity index (χ4n) is 4.98. The van der Waals surface area contributed by atoms with Gasteiger partial charge in [0.2, 0.25) is 5.91 Å². The highest BCUT2D eigenvalue weighted by atomic mass is 16.2. The number of hydrogen-bond donors (Lipinski definition) is 1. The third kappa shape index (κ3) is 3.24. The Morgan fingerprint density at radius 3 is 2.22 bits per heavy atom. The molecule has 2 atom stereocenters. The van der Waals surface area contributed by atoms with Crippen LogP contribution in [0.5, 0.6) is 0 Å². The van der Waals surface area contributed by atoms with Gasteiger partial charge < -0.3 is 15.1 Å². The van der Waals surface area contributed by atoms with Crippen molar-refractivity contribution in [1.82, 2.24) is 20.0 Å². The summed E-state index contributed by atoms with van der Waals surface area (Å²) in [5.41, 5.74) is -0.709. The molecule has 0 unspecified atom stereocenters. The summed E-state index contributed by atoms with van der Waals surface area (Å²) in [6, 6.07) is 0.140. The number of carbonyl (C=O) groups is 3. The number of carbonyl (C=O) groups excluding carboxylic acids is 3. The first kappa shape index (κ1) is 18.7. The molecule has 0 aromatic carbocycles. The number of urea groups is 1. The molecular formula is C20H32N4O3. The van der Waals surface area contributed by atoms with Gasteiger partial charge in [0.15, 0.2) is 0 Å². The van der Waals surface area contributed by atoms with Crippen molar-refractivity contribution in [2.75, 3.05) is 26.2 Å². The number of nitrogens with one attached hydrogen (secondary N) is 1. The van der Waals surface area contributed by atoms with Crippen LogP contribution in [0.1, 0.15) is 52.9 Å². The van der Waals surface area contributed by atoms with Crippen molar-refractivity contribution < 1.29 is 14.4 Å². The number of amides is 4. The molecule has 4 rings (SSSR count). The quantitative estimate of drug-likeness (QED) is 0.757. The summed E-state index contributed by atoms with van der Waals surface area (Å²) >= 11 is 0. The van der Waals surface area contributed by atoms with Crippen LogP contribution < -0.4 is 5.32 Å². The van der Waals surface area contributed by atoms with E-state index in [4.69, 9.17) is 0 Å². The molecule has 1 N–H and O–H groups in total. The van der Waals surface area contributed by atoms with Gasteiger partial charge in [-0.1, -0.05) is 6.92 Å². The summed E-state index contributed by atoms with van der Waals surface area (Å²) in [6.45, 7) is 9.42. The Balaban J connectivity index is 1.37. The lowest BCUT2D eigenvalue weighted by Gasteiger charge is -2.40. The maximum absolute atomic E-state index is 13.2. The van der Waals surface area contributed by atoms with Crippen molar-refractivity contribution in [3.8, 4) is 0 Å². The van der Waals surface area contributed by atoms with Gasteiger partial charge in [-0.05, 0) is 51.9 Å². The first-order chi connectivity index (χ1) is 12.8. The SMILES string of the molecule is CC(C)N1CCC2(CC1)NC(=O)N(C1CCN(C(=O)[C@@H]3C[C@H]3C)CC1)C2=O. The highest BCUT2D eigenvalue weighted by Crippen LogP contribution is 2.40. The Morgan fingerprint density at radius 1 is 1.11 bits per heavy atom. The molecule has 27 heavy (non-hydrogen) atoms. The van der Waals surface area contributed by atoms with Crippen LogP contribution in [0.15, 0.2) is 0 Å². The molecule has 4 amide bonds. The van der Waals surface area contributed by atoms with Crippen molar-refractivity contribution >= 4 is 17.8 Å². The molecule has 7 heteroatoms. The van der Waals surface area contributed by atoms with Crippen LogP contribution in [-0.2, 0) is 9.59 Å². The summed E-state index contributed by atoms with van der Waals surface area (Å²) in [7, 11) is 0. The Bertz CT molecular complexity index is 633. The Kier molecular flexibility index (Phi) is 4.69. The van der Waals surface area contributed by atoms with E-state index in [2.05, 4.69) is 31.0 Å². The maximum atomic E-state index is 13.2. The molecule has 3 heterocycles. The molecule has 0 aromatic rings. The lowest BCUT2D eigenvalue weighted by atomic mass is 9.86. The predicted octanol–water partition coefficient (Wildman–Crippen LogP) is 1.43. The van der Waals surface area contributed by atoms with Gasteiger partial charge in [0.1, 0.15) is 5.54 Å². The summed E-state index contributed by atoms with van der Waals surface area (Å²) in [5, 5.41) is 3.02. The second-order valence-electron chi connectivity index (χ2n) is 9.19. The van der Waals surface area contributed by atoms with E-state index in [0.29, 0.717) is 50.7 Å². The first-order valence-corrected chi connectivity index (χ1v) is 10.5. The van der Waals surface area contributed by atoms with E-state index in [0.717, 1.165) is 19.5 Å². The largest absolute Gasteiger partial charge is 0.342 e. The van der Waals surface area contributed by atoms with Gasteiger partial charge in [-0.25, -0.2) is 4.79 Å². The summed E-state index contributed by atoms with van der Waals surface area (Å²) in [6.07, 6.45) is 3.76. The molecular weight excluding hydrogens is 344 g/mol. The lowest BCUT2D eigenvalue weighted by Crippen LogP contribution is -2.56. The molecule has 4 fully saturated rings. The molecule has 150 valence electrons. The van der Waals surface area contributed by atoms with E-state index in [1.54, 1.807) is 0 Å². The van der Waals surface area contributed by atoms with Gasteiger partial charge in [-0.15, -0.1) is 0 Å². The van der Waals surface area contributed by atoms with Gasteiger partial charge in [-0.3, -0.25) is 14.5 Å². The second-order valence-corrected chi connectivity index (χ2v) is 9.19. The van der Waals surface area contributed by atoms with E-state index >= 15 is 0 Å². The molecule has 0 bridgehead atoms. The minimum absolute atomic E-state index is 0.0449. The number of piperidine rings is 2. The van der Waals surface area contributed by atoms with E-state index in [-0.39, 0.29) is 29.8 Å². The van der Waals surface area contributed by atoms with E-state index in [9.17, 15) is 14.4 Å². The smallest absolute Gasteiger partial charge is 0.325 e. The zero-order valence-electron chi connectivity index (χ0n) is 16.7. The highest BCUT2D eigenvalue weighted by molar-refractivity contribution is 6.07. The maximum Gasteiger partial charge on any atom is 0.325 e. The van der Waals surface area contributed by atoms with Crippen LogP contribution in [-0.4, -0.2) is 76.3 Å². The van der Waals surface area contributed by atoms with E-state index < -0.39 is 5.54 Å². The minimum atomic E-state index is -0.709. The van der Waals surface area contributed by atoms with Crippen molar-refractivity contribution in [2.45, 2.75) is 70.5 Å². The molecule has 7 nitrogen and oxygen atoms in total. The Hall–Kier alpha value is -1.63. The molecule has 1 spiro atoms. The molecule has 3 saturated heterocycles. The fourth-order valence-corrected chi connectivity index (χ4v) is 4.98. The van der Waals surface area contributed by atoms with Gasteiger partial charge >= 0.3 is 6.03 Å². The molecule has 4 aliphatic rings. The standard InChI is InChI=1S/C20H32N4O3/c1-13(2)22-10-6-20(7-11-22)18(26)24(19(27)21-20)15-4-8-23(9-5-15)17(25)16-12-14(16)3/h13-16H,4-12H2,1-3H3,(H,21,27)/t14-,16-/m1/s1. The third-order valence-corrected chi connectivity index (χ3v) is 7.14. The van der Waals surface area contributed by atoms with Gasteiger partial charge in [0.25, 0.3) is 5.91 Å². The van der Waals surface area contributed by atoms with Crippen LogP contribution in [0.3, 0.4) is 0 Å². The van der Waals surface area contributed by atoms with Crippen molar-refractivity contribution in [3.05, 3.63) is 0 Å². The number of likely N-dealkylation sites (tertiary alicyclic amines) is 2. The highest BCUT2D eigenvalue weighted by Gasteiger charge is 2.54. The number of hydrogen-bond acceptors (Lipinski definition) is 4. The average Bonchev–Trinajstić information content (AvgIpc) is 3.33. The van der Waals surface area contributed by atoms with Crippen LogP contribution in [0.4, 0.5) is 4.79 Å². The summed E-state index contributed by atoms with van der Waals surface area (Å²) in [4.78, 5) is 44.0. The topological polar surface area (TPSA) is 73.0 Å². The van der Waals surface area contributed by atoms with Gasteiger partial charge in [-0.2, -0.15) is 0 Å². The second kappa shape index (κ2) is 6.76. The van der Waals surface area contributed by atoms with Crippen LogP contribution >= 0.6 is 0 Å². The van der Waals surface area contributed by atoms with Gasteiger partial charge in [0.05, 0.1) is 0 Å². The Morgan fingerprint density at radius 2 is 1.70 bits per heavy atom.